The van der Waals surface area contributed by atoms with E-state index in [1.165, 1.54) is 5.56 Å². The first-order valence-electron chi connectivity index (χ1n) is 4.56. The van der Waals surface area contributed by atoms with E-state index >= 15 is 0 Å². The average Bonchev–Trinajstić information content (AvgIpc) is 2.27. The van der Waals surface area contributed by atoms with Crippen molar-refractivity contribution in [3.63, 3.8) is 0 Å². The predicted octanol–water partition coefficient (Wildman–Crippen LogP) is 2.01. The molecule has 0 bridgehead atoms. The SMILES string of the molecule is C=CC(c1ccccc1)[SiH](OC)OC. The normalized spacial score (nSPS) is 12.8. The molecule has 0 aromatic heterocycles. The van der Waals surface area contributed by atoms with Crippen molar-refractivity contribution in [1.82, 2.24) is 0 Å². The van der Waals surface area contributed by atoms with Gasteiger partial charge in [0.1, 0.15) is 0 Å². The fraction of sp³-hybridized carbons (Fsp3) is 0.273. The Morgan fingerprint density at radius 3 is 2.21 bits per heavy atom. The minimum absolute atomic E-state index is 0.214. The summed E-state index contributed by atoms with van der Waals surface area (Å²) in [6, 6.07) is 10.2. The van der Waals surface area contributed by atoms with Gasteiger partial charge in [0, 0.05) is 19.8 Å². The Hall–Kier alpha value is -0.903. The van der Waals surface area contributed by atoms with Gasteiger partial charge in [-0.05, 0) is 5.56 Å². The topological polar surface area (TPSA) is 18.5 Å². The average molecular weight is 208 g/mol. The van der Waals surface area contributed by atoms with Crippen molar-refractivity contribution < 1.29 is 8.85 Å². The van der Waals surface area contributed by atoms with Gasteiger partial charge in [-0.2, -0.15) is 0 Å². The Balaban J connectivity index is 2.86. The molecular formula is C11H16O2Si. The minimum Gasteiger partial charge on any atom is -0.399 e. The molecule has 0 aliphatic carbocycles. The molecule has 0 radical (unpaired) electrons. The molecule has 14 heavy (non-hydrogen) atoms. The molecule has 0 fully saturated rings. The molecule has 3 heteroatoms. The third kappa shape index (κ3) is 2.54. The summed E-state index contributed by atoms with van der Waals surface area (Å²) in [5.74, 6) is 0. The van der Waals surface area contributed by atoms with Crippen molar-refractivity contribution in [3.8, 4) is 0 Å². The van der Waals surface area contributed by atoms with Crippen molar-refractivity contribution in [3.05, 3.63) is 48.6 Å². The Morgan fingerprint density at radius 2 is 1.79 bits per heavy atom. The van der Waals surface area contributed by atoms with Gasteiger partial charge >= 0.3 is 9.28 Å². The van der Waals surface area contributed by atoms with Crippen LogP contribution in [0.2, 0.25) is 0 Å². The zero-order valence-corrected chi connectivity index (χ0v) is 9.80. The first-order valence-corrected chi connectivity index (χ1v) is 6.17. The lowest BCUT2D eigenvalue weighted by molar-refractivity contribution is 0.272. The number of hydrogen-bond donors (Lipinski definition) is 0. The number of allylic oxidation sites excluding steroid dienone is 1. The maximum Gasteiger partial charge on any atom is 0.332 e. The molecule has 1 aromatic rings. The van der Waals surface area contributed by atoms with Crippen molar-refractivity contribution in [1.29, 1.82) is 0 Å². The maximum atomic E-state index is 5.35. The quantitative estimate of drug-likeness (QED) is 0.544. The van der Waals surface area contributed by atoms with Crippen LogP contribution in [0.1, 0.15) is 11.1 Å². The van der Waals surface area contributed by atoms with Crippen LogP contribution in [0.3, 0.4) is 0 Å². The van der Waals surface area contributed by atoms with Gasteiger partial charge in [0.05, 0.1) is 0 Å². The largest absolute Gasteiger partial charge is 0.399 e. The summed E-state index contributed by atoms with van der Waals surface area (Å²) in [5.41, 5.74) is 1.43. The van der Waals surface area contributed by atoms with Crippen LogP contribution in [-0.2, 0) is 8.85 Å². The molecule has 0 saturated heterocycles. The van der Waals surface area contributed by atoms with Crippen molar-refractivity contribution in [2.75, 3.05) is 14.2 Å². The first kappa shape index (κ1) is 11.2. The fourth-order valence-corrected chi connectivity index (χ4v) is 3.01. The first-order chi connectivity index (χ1) is 6.83. The summed E-state index contributed by atoms with van der Waals surface area (Å²) in [7, 11) is 1.74. The van der Waals surface area contributed by atoms with E-state index in [2.05, 4.69) is 18.7 Å². The second-order valence-corrected chi connectivity index (χ2v) is 5.41. The third-order valence-corrected chi connectivity index (χ3v) is 4.37. The van der Waals surface area contributed by atoms with E-state index in [-0.39, 0.29) is 5.54 Å². The van der Waals surface area contributed by atoms with Crippen LogP contribution >= 0.6 is 0 Å². The van der Waals surface area contributed by atoms with Crippen LogP contribution in [-0.4, -0.2) is 23.5 Å². The molecule has 0 saturated carbocycles. The highest BCUT2D eigenvalue weighted by Gasteiger charge is 2.22. The van der Waals surface area contributed by atoms with Gasteiger partial charge in [0.2, 0.25) is 0 Å². The van der Waals surface area contributed by atoms with Gasteiger partial charge in [-0.3, -0.25) is 0 Å². The summed E-state index contributed by atoms with van der Waals surface area (Å²) in [6.45, 7) is 3.83. The molecule has 2 nitrogen and oxygen atoms in total. The number of benzene rings is 1. The highest BCUT2D eigenvalue weighted by atomic mass is 28.3. The Labute approximate surface area is 87.0 Å². The summed E-state index contributed by atoms with van der Waals surface area (Å²) < 4.78 is 10.7. The molecule has 1 rings (SSSR count). The van der Waals surface area contributed by atoms with Crippen LogP contribution in [0, 0.1) is 0 Å². The Morgan fingerprint density at radius 1 is 1.21 bits per heavy atom. The monoisotopic (exact) mass is 208 g/mol. The number of rotatable bonds is 5. The number of hydrogen-bond acceptors (Lipinski definition) is 2. The van der Waals surface area contributed by atoms with Crippen molar-refractivity contribution >= 4 is 9.28 Å². The zero-order valence-electron chi connectivity index (χ0n) is 8.64. The minimum atomic E-state index is -1.65. The van der Waals surface area contributed by atoms with Crippen molar-refractivity contribution in [2.45, 2.75) is 5.54 Å². The maximum absolute atomic E-state index is 5.35. The molecule has 0 N–H and O–H groups in total. The lowest BCUT2D eigenvalue weighted by atomic mass is 10.1. The summed E-state index contributed by atoms with van der Waals surface area (Å²) >= 11 is 0. The third-order valence-electron chi connectivity index (χ3n) is 2.20. The van der Waals surface area contributed by atoms with Gasteiger partial charge in [-0.1, -0.05) is 36.4 Å². The summed E-state index contributed by atoms with van der Waals surface area (Å²) in [5, 5.41) is 0. The molecule has 0 spiro atoms. The van der Waals surface area contributed by atoms with Crippen LogP contribution in [0.15, 0.2) is 43.0 Å². The van der Waals surface area contributed by atoms with E-state index in [1.54, 1.807) is 14.2 Å². The van der Waals surface area contributed by atoms with Crippen LogP contribution in [0.25, 0.3) is 0 Å². The standard InChI is InChI=1S/C11H16O2Si/c1-4-11(14(12-2)13-3)10-8-6-5-7-9-10/h4-9,11,14H,1H2,2-3H3. The van der Waals surface area contributed by atoms with E-state index < -0.39 is 9.28 Å². The van der Waals surface area contributed by atoms with Gasteiger partial charge in [0.15, 0.2) is 0 Å². The lowest BCUT2D eigenvalue weighted by Gasteiger charge is -2.19. The van der Waals surface area contributed by atoms with Crippen LogP contribution in [0.4, 0.5) is 0 Å². The van der Waals surface area contributed by atoms with E-state index in [0.717, 1.165) is 0 Å². The summed E-state index contributed by atoms with van der Waals surface area (Å²) in [4.78, 5) is 0. The molecule has 0 amide bonds. The lowest BCUT2D eigenvalue weighted by Crippen LogP contribution is -2.27. The van der Waals surface area contributed by atoms with Gasteiger partial charge in [-0.25, -0.2) is 0 Å². The molecule has 0 aliphatic rings. The van der Waals surface area contributed by atoms with Gasteiger partial charge < -0.3 is 8.85 Å². The second-order valence-electron chi connectivity index (χ2n) is 3.01. The molecule has 0 aliphatic heterocycles. The van der Waals surface area contributed by atoms with E-state index in [0.29, 0.717) is 0 Å². The molecule has 1 aromatic carbocycles. The van der Waals surface area contributed by atoms with Crippen molar-refractivity contribution in [2.24, 2.45) is 0 Å². The zero-order chi connectivity index (χ0) is 10.4. The highest BCUT2D eigenvalue weighted by molar-refractivity contribution is 6.47. The van der Waals surface area contributed by atoms with E-state index in [9.17, 15) is 0 Å². The Bertz CT molecular complexity index is 270. The predicted molar refractivity (Wildman–Crippen MR) is 60.5 cm³/mol. The molecular weight excluding hydrogens is 192 g/mol. The second kappa shape index (κ2) is 5.75. The fourth-order valence-electron chi connectivity index (χ4n) is 1.47. The smallest absolute Gasteiger partial charge is 0.332 e. The molecule has 0 heterocycles. The van der Waals surface area contributed by atoms with Crippen LogP contribution < -0.4 is 0 Å². The molecule has 76 valence electrons. The molecule has 1 atom stereocenters. The van der Waals surface area contributed by atoms with Crippen LogP contribution in [0.5, 0.6) is 0 Å². The summed E-state index contributed by atoms with van der Waals surface area (Å²) in [6.07, 6.45) is 1.90. The van der Waals surface area contributed by atoms with E-state index in [1.807, 2.05) is 24.3 Å². The van der Waals surface area contributed by atoms with Gasteiger partial charge in [-0.15, -0.1) is 6.58 Å². The molecule has 1 unspecified atom stereocenters. The highest BCUT2D eigenvalue weighted by Crippen LogP contribution is 2.20. The van der Waals surface area contributed by atoms with E-state index in [4.69, 9.17) is 8.85 Å². The Kier molecular flexibility index (Phi) is 4.59. The van der Waals surface area contributed by atoms with Gasteiger partial charge in [0.25, 0.3) is 0 Å².